The minimum Gasteiger partial charge on any atom is -0.308 e. The topological polar surface area (TPSA) is 35.1 Å². The first-order valence-electron chi connectivity index (χ1n) is 15.7. The summed E-state index contributed by atoms with van der Waals surface area (Å²) in [5, 5.41) is 11.0. The Morgan fingerprint density at radius 1 is 0.413 bits per heavy atom. The lowest BCUT2D eigenvalue weighted by Gasteiger charge is -2.12. The monoisotopic (exact) mass is 584 g/mol. The van der Waals surface area contributed by atoms with Crippen molar-refractivity contribution in [1.82, 2.24) is 18.9 Å². The van der Waals surface area contributed by atoms with E-state index in [1.54, 1.807) is 0 Å². The van der Waals surface area contributed by atoms with Gasteiger partial charge in [-0.2, -0.15) is 0 Å². The van der Waals surface area contributed by atoms with Crippen molar-refractivity contribution in [1.29, 1.82) is 0 Å². The molecule has 0 N–H and O–H groups in total. The average molecular weight is 585 g/mol. The lowest BCUT2D eigenvalue weighted by molar-refractivity contribution is 1.02. The molecule has 0 fully saturated rings. The summed E-state index contributed by atoms with van der Waals surface area (Å²) in [6.07, 6.45) is 0. The summed E-state index contributed by atoms with van der Waals surface area (Å²) in [6.45, 7) is 0. The number of aromatic nitrogens is 4. The van der Waals surface area contributed by atoms with E-state index in [-0.39, 0.29) is 0 Å². The Bertz CT molecular complexity index is 3020. The third-order valence-electron chi connectivity index (χ3n) is 9.83. The smallest absolute Gasteiger partial charge is 0.235 e. The summed E-state index contributed by atoms with van der Waals surface area (Å²) in [5.74, 6) is 0.677. The molecule has 11 aromatic rings. The molecule has 4 aromatic heterocycles. The molecular weight excluding hydrogens is 560 g/mol. The van der Waals surface area contributed by atoms with Crippen LogP contribution in [0.1, 0.15) is 0 Å². The fourth-order valence-electron chi connectivity index (χ4n) is 7.96. The Morgan fingerprint density at radius 2 is 1.07 bits per heavy atom. The summed E-state index contributed by atoms with van der Waals surface area (Å²) in [5.41, 5.74) is 8.86. The van der Waals surface area contributed by atoms with Crippen molar-refractivity contribution < 1.29 is 0 Å². The van der Waals surface area contributed by atoms with Crippen LogP contribution >= 0.6 is 0 Å². The molecule has 0 aliphatic carbocycles. The van der Waals surface area contributed by atoms with Gasteiger partial charge < -0.3 is 4.40 Å². The van der Waals surface area contributed by atoms with Crippen LogP contribution in [-0.2, 0) is 0 Å². The minimum atomic E-state index is 0.677. The van der Waals surface area contributed by atoms with E-state index in [0.717, 1.165) is 33.2 Å². The molecule has 0 bridgehead atoms. The second-order valence-electron chi connectivity index (χ2n) is 12.2. The normalized spacial score (nSPS) is 12.3. The highest BCUT2D eigenvalue weighted by atomic mass is 15.2. The Hall–Kier alpha value is -6.26. The van der Waals surface area contributed by atoms with Crippen LogP contribution in [0.5, 0.6) is 0 Å². The Labute approximate surface area is 262 Å². The van der Waals surface area contributed by atoms with E-state index in [0.29, 0.717) is 5.95 Å². The third kappa shape index (κ3) is 2.98. The summed E-state index contributed by atoms with van der Waals surface area (Å²) in [6, 6.07) is 52.0. The predicted molar refractivity (Wildman–Crippen MR) is 191 cm³/mol. The molecule has 0 amide bonds. The van der Waals surface area contributed by atoms with Gasteiger partial charge in [0.05, 0.1) is 38.8 Å². The summed E-state index contributed by atoms with van der Waals surface area (Å²) >= 11 is 0. The number of hydrogen-bond acceptors (Lipinski definition) is 2. The van der Waals surface area contributed by atoms with Gasteiger partial charge in [0.15, 0.2) is 0 Å². The molecule has 212 valence electrons. The maximum atomic E-state index is 5.39. The van der Waals surface area contributed by atoms with Crippen LogP contribution in [0.3, 0.4) is 0 Å². The molecule has 0 saturated carbocycles. The third-order valence-corrected chi connectivity index (χ3v) is 9.83. The molecule has 11 rings (SSSR count). The number of para-hydroxylation sites is 3. The number of nitrogens with zero attached hydrogens (tertiary/aromatic N) is 4. The Balaban J connectivity index is 1.43. The highest BCUT2D eigenvalue weighted by molar-refractivity contribution is 6.37. The molecule has 46 heavy (non-hydrogen) atoms. The van der Waals surface area contributed by atoms with Crippen molar-refractivity contribution in [2.75, 3.05) is 0 Å². The molecule has 0 aliphatic heterocycles. The van der Waals surface area contributed by atoms with Gasteiger partial charge in [0, 0.05) is 43.3 Å². The van der Waals surface area contributed by atoms with Crippen LogP contribution in [-0.4, -0.2) is 18.9 Å². The Morgan fingerprint density at radius 3 is 1.91 bits per heavy atom. The number of hydrogen-bond donors (Lipinski definition) is 0. The number of rotatable bonds is 2. The van der Waals surface area contributed by atoms with Gasteiger partial charge in [-0.05, 0) is 41.1 Å². The standard InChI is InChI=1S/C42H24N4/c1-2-13-26(14-3-1)39-30-18-6-9-19-33(30)43-42(44-39)46-35-21-11-8-17-29(35)32-24-31-28-16-7-10-20-34(28)45-36-23-22-25-12-4-5-15-27(25)37(36)38(40(31)45)41(32)46/h1-24H. The fourth-order valence-corrected chi connectivity index (χ4v) is 7.96. The quantitative estimate of drug-likeness (QED) is 0.203. The zero-order valence-corrected chi connectivity index (χ0v) is 24.6. The van der Waals surface area contributed by atoms with Crippen molar-refractivity contribution >= 4 is 81.6 Å². The highest BCUT2D eigenvalue weighted by Crippen LogP contribution is 2.47. The maximum Gasteiger partial charge on any atom is 0.235 e. The van der Waals surface area contributed by atoms with Crippen LogP contribution in [0.15, 0.2) is 146 Å². The van der Waals surface area contributed by atoms with Crippen LogP contribution in [0.25, 0.3) is 98.8 Å². The zero-order valence-electron chi connectivity index (χ0n) is 24.6. The van der Waals surface area contributed by atoms with E-state index in [9.17, 15) is 0 Å². The first-order chi connectivity index (χ1) is 22.8. The van der Waals surface area contributed by atoms with Crippen molar-refractivity contribution in [2.45, 2.75) is 0 Å². The molecule has 4 heterocycles. The van der Waals surface area contributed by atoms with Crippen molar-refractivity contribution in [3.63, 3.8) is 0 Å². The largest absolute Gasteiger partial charge is 0.308 e. The van der Waals surface area contributed by atoms with Crippen LogP contribution in [0.4, 0.5) is 0 Å². The fraction of sp³-hybridized carbons (Fsp3) is 0. The van der Waals surface area contributed by atoms with E-state index < -0.39 is 0 Å². The van der Waals surface area contributed by atoms with Crippen molar-refractivity contribution in [3.8, 4) is 17.2 Å². The van der Waals surface area contributed by atoms with E-state index in [2.05, 4.69) is 155 Å². The molecule has 0 saturated heterocycles. The second kappa shape index (κ2) is 8.68. The number of fused-ring (bicyclic) bond motifs is 13. The van der Waals surface area contributed by atoms with E-state index in [4.69, 9.17) is 9.97 Å². The predicted octanol–water partition coefficient (Wildman–Crippen LogP) is 10.7. The van der Waals surface area contributed by atoms with Gasteiger partial charge in [-0.1, -0.05) is 115 Å². The van der Waals surface area contributed by atoms with Gasteiger partial charge in [-0.15, -0.1) is 0 Å². The summed E-state index contributed by atoms with van der Waals surface area (Å²) in [7, 11) is 0. The average Bonchev–Trinajstić information content (AvgIpc) is 3.76. The molecule has 0 radical (unpaired) electrons. The van der Waals surface area contributed by atoms with E-state index >= 15 is 0 Å². The SMILES string of the molecule is c1ccc(-c2nc(-n3c4ccccc4c4cc5c6ccccc6n6c7ccc8ccccc8c7c(c43)c56)nc3ccccc23)cc1. The summed E-state index contributed by atoms with van der Waals surface area (Å²) < 4.78 is 4.79. The molecule has 0 spiro atoms. The summed E-state index contributed by atoms with van der Waals surface area (Å²) in [4.78, 5) is 10.7. The van der Waals surface area contributed by atoms with Gasteiger partial charge in [0.1, 0.15) is 0 Å². The zero-order chi connectivity index (χ0) is 29.9. The van der Waals surface area contributed by atoms with Gasteiger partial charge in [0.25, 0.3) is 0 Å². The first kappa shape index (κ1) is 24.1. The molecule has 0 aliphatic rings. The molecule has 0 unspecified atom stereocenters. The van der Waals surface area contributed by atoms with Gasteiger partial charge in [0.2, 0.25) is 5.95 Å². The van der Waals surface area contributed by atoms with Crippen LogP contribution < -0.4 is 0 Å². The molecule has 4 heteroatoms. The van der Waals surface area contributed by atoms with E-state index in [1.165, 1.54) is 59.6 Å². The first-order valence-corrected chi connectivity index (χ1v) is 15.7. The molecule has 0 atom stereocenters. The highest BCUT2D eigenvalue weighted by Gasteiger charge is 2.26. The van der Waals surface area contributed by atoms with Crippen LogP contribution in [0.2, 0.25) is 0 Å². The Kier molecular flexibility index (Phi) is 4.55. The maximum absolute atomic E-state index is 5.39. The molecule has 4 nitrogen and oxygen atoms in total. The molecule has 7 aromatic carbocycles. The van der Waals surface area contributed by atoms with Crippen molar-refractivity contribution in [3.05, 3.63) is 146 Å². The molecular formula is C42H24N4. The lowest BCUT2D eigenvalue weighted by Crippen LogP contribution is -2.03. The lowest BCUT2D eigenvalue weighted by atomic mass is 10.00. The van der Waals surface area contributed by atoms with Gasteiger partial charge in [-0.3, -0.25) is 4.57 Å². The minimum absolute atomic E-state index is 0.677. The van der Waals surface area contributed by atoms with E-state index in [1.807, 2.05) is 0 Å². The number of benzene rings is 7. The van der Waals surface area contributed by atoms with Crippen molar-refractivity contribution in [2.24, 2.45) is 0 Å². The van der Waals surface area contributed by atoms with Gasteiger partial charge in [-0.25, -0.2) is 9.97 Å². The van der Waals surface area contributed by atoms with Gasteiger partial charge >= 0.3 is 0 Å². The second-order valence-corrected chi connectivity index (χ2v) is 12.2. The van der Waals surface area contributed by atoms with Crippen LogP contribution in [0, 0.1) is 0 Å².